The number of amides is 2. The quantitative estimate of drug-likeness (QED) is 0.638. The van der Waals surface area contributed by atoms with E-state index in [0.29, 0.717) is 17.2 Å². The lowest BCUT2D eigenvalue weighted by molar-refractivity contribution is -0.111. The zero-order chi connectivity index (χ0) is 21.7. The Morgan fingerprint density at radius 2 is 1.80 bits per heavy atom. The van der Waals surface area contributed by atoms with Crippen LogP contribution in [0.4, 0.5) is 5.82 Å². The third-order valence-corrected chi connectivity index (χ3v) is 4.42. The molecule has 0 bridgehead atoms. The molecule has 0 aliphatic heterocycles. The van der Waals surface area contributed by atoms with Gasteiger partial charge < -0.3 is 10.6 Å². The van der Waals surface area contributed by atoms with E-state index >= 15 is 0 Å². The predicted molar refractivity (Wildman–Crippen MR) is 118 cm³/mol. The maximum absolute atomic E-state index is 12.5. The summed E-state index contributed by atoms with van der Waals surface area (Å²) in [5.74, 6) is 0.726. The van der Waals surface area contributed by atoms with Crippen molar-refractivity contribution in [1.29, 1.82) is 0 Å². The normalized spacial score (nSPS) is 11.5. The van der Waals surface area contributed by atoms with Gasteiger partial charge in [-0.15, -0.1) is 0 Å². The van der Waals surface area contributed by atoms with E-state index < -0.39 is 0 Å². The molecule has 0 atom stereocenters. The topological polar surface area (TPSA) is 88.9 Å². The van der Waals surface area contributed by atoms with Crippen LogP contribution >= 0.6 is 0 Å². The van der Waals surface area contributed by atoms with Gasteiger partial charge in [0.1, 0.15) is 5.82 Å². The Bertz CT molecular complexity index is 1060. The van der Waals surface area contributed by atoms with E-state index in [-0.39, 0.29) is 17.2 Å². The molecule has 2 amide bonds. The Morgan fingerprint density at radius 3 is 2.40 bits per heavy atom. The average Bonchev–Trinajstić information content (AvgIpc) is 3.17. The first-order valence-corrected chi connectivity index (χ1v) is 9.61. The third kappa shape index (κ3) is 5.00. The molecule has 0 aliphatic rings. The van der Waals surface area contributed by atoms with Crippen LogP contribution in [0.2, 0.25) is 0 Å². The molecule has 1 aromatic carbocycles. The summed E-state index contributed by atoms with van der Waals surface area (Å²) in [5.41, 5.74) is 2.04. The van der Waals surface area contributed by atoms with E-state index in [1.807, 2.05) is 24.3 Å². The molecule has 3 rings (SSSR count). The molecular weight excluding hydrogens is 378 g/mol. The van der Waals surface area contributed by atoms with Gasteiger partial charge in [-0.25, -0.2) is 4.98 Å². The lowest BCUT2D eigenvalue weighted by atomic mass is 9.92. The van der Waals surface area contributed by atoms with Crippen molar-refractivity contribution in [3.63, 3.8) is 0 Å². The maximum atomic E-state index is 12.5. The molecule has 0 saturated heterocycles. The Balaban J connectivity index is 1.80. The Hall–Kier alpha value is -3.74. The number of aromatic nitrogens is 3. The van der Waals surface area contributed by atoms with E-state index in [9.17, 15) is 9.59 Å². The van der Waals surface area contributed by atoms with Crippen LogP contribution in [0.5, 0.6) is 0 Å². The molecule has 3 aromatic rings. The minimum Gasteiger partial charge on any atom is -0.355 e. The molecular formula is C23H25N5O2. The van der Waals surface area contributed by atoms with E-state index in [4.69, 9.17) is 0 Å². The zero-order valence-electron chi connectivity index (χ0n) is 17.5. The van der Waals surface area contributed by atoms with Gasteiger partial charge >= 0.3 is 0 Å². The molecule has 2 N–H and O–H groups in total. The lowest BCUT2D eigenvalue weighted by Crippen LogP contribution is -2.17. The van der Waals surface area contributed by atoms with Crippen LogP contribution in [0.15, 0.2) is 60.8 Å². The van der Waals surface area contributed by atoms with Gasteiger partial charge in [0.15, 0.2) is 5.82 Å². The summed E-state index contributed by atoms with van der Waals surface area (Å²) in [6, 6.07) is 14.4. The van der Waals surface area contributed by atoms with E-state index in [1.54, 1.807) is 48.3 Å². The number of nitrogens with one attached hydrogen (secondary N) is 2. The van der Waals surface area contributed by atoms with E-state index in [1.165, 1.54) is 6.08 Å². The van der Waals surface area contributed by atoms with Crippen molar-refractivity contribution in [1.82, 2.24) is 20.1 Å². The highest BCUT2D eigenvalue weighted by molar-refractivity contribution is 6.01. The first-order valence-electron chi connectivity index (χ1n) is 9.61. The first-order chi connectivity index (χ1) is 14.3. The number of anilines is 1. The van der Waals surface area contributed by atoms with Gasteiger partial charge in [-0.1, -0.05) is 39.0 Å². The number of nitrogens with zero attached hydrogens (tertiary/aromatic N) is 3. The van der Waals surface area contributed by atoms with Crippen LogP contribution in [-0.2, 0) is 10.2 Å². The molecule has 0 aliphatic carbocycles. The minimum atomic E-state index is -0.289. The van der Waals surface area contributed by atoms with Gasteiger partial charge in [-0.3, -0.25) is 9.59 Å². The van der Waals surface area contributed by atoms with Crippen molar-refractivity contribution < 1.29 is 9.59 Å². The molecule has 2 heterocycles. The number of rotatable bonds is 5. The van der Waals surface area contributed by atoms with Crippen molar-refractivity contribution in [2.24, 2.45) is 0 Å². The average molecular weight is 403 g/mol. The van der Waals surface area contributed by atoms with Gasteiger partial charge in [0, 0.05) is 36.4 Å². The fourth-order valence-electron chi connectivity index (χ4n) is 2.72. The highest BCUT2D eigenvalue weighted by atomic mass is 16.2. The first kappa shape index (κ1) is 21.0. The van der Waals surface area contributed by atoms with Crippen LogP contribution in [-0.4, -0.2) is 33.6 Å². The largest absolute Gasteiger partial charge is 0.355 e. The monoisotopic (exact) mass is 403 g/mol. The van der Waals surface area contributed by atoms with Gasteiger partial charge in [0.2, 0.25) is 5.91 Å². The zero-order valence-corrected chi connectivity index (χ0v) is 17.5. The smallest absolute Gasteiger partial charge is 0.251 e. The summed E-state index contributed by atoms with van der Waals surface area (Å²) in [6.45, 7) is 6.18. The SMILES string of the molecule is CNC(=O)c1ccc(/C=C/C(=O)Nc2cc(C(C)(C)C)nn2-c2ccccn2)cc1. The molecule has 2 aromatic heterocycles. The Labute approximate surface area is 175 Å². The molecule has 7 heteroatoms. The molecule has 0 unspecified atom stereocenters. The predicted octanol–water partition coefficient (Wildman–Crippen LogP) is 3.58. The van der Waals surface area contributed by atoms with Gasteiger partial charge in [-0.05, 0) is 35.9 Å². The second-order valence-corrected chi connectivity index (χ2v) is 7.79. The summed E-state index contributed by atoms with van der Waals surface area (Å²) >= 11 is 0. The van der Waals surface area contributed by atoms with Crippen LogP contribution in [0.3, 0.4) is 0 Å². The van der Waals surface area contributed by atoms with Gasteiger partial charge in [0.05, 0.1) is 5.69 Å². The fraction of sp³-hybridized carbons (Fsp3) is 0.217. The van der Waals surface area contributed by atoms with Crippen LogP contribution in [0.1, 0.15) is 42.4 Å². The van der Waals surface area contributed by atoms with E-state index in [2.05, 4.69) is 41.5 Å². The highest BCUT2D eigenvalue weighted by Gasteiger charge is 2.21. The van der Waals surface area contributed by atoms with Crippen LogP contribution < -0.4 is 10.6 Å². The number of carbonyl (C=O) groups excluding carboxylic acids is 2. The minimum absolute atomic E-state index is 0.152. The van der Waals surface area contributed by atoms with Crippen molar-refractivity contribution >= 4 is 23.7 Å². The molecule has 0 radical (unpaired) electrons. The summed E-state index contributed by atoms with van der Waals surface area (Å²) in [4.78, 5) is 28.5. The number of carbonyl (C=O) groups is 2. The molecule has 7 nitrogen and oxygen atoms in total. The Kier molecular flexibility index (Phi) is 6.11. The van der Waals surface area contributed by atoms with Crippen molar-refractivity contribution in [2.45, 2.75) is 26.2 Å². The van der Waals surface area contributed by atoms with Crippen molar-refractivity contribution in [3.05, 3.63) is 77.6 Å². The van der Waals surface area contributed by atoms with Crippen molar-refractivity contribution in [3.8, 4) is 5.82 Å². The fourth-order valence-corrected chi connectivity index (χ4v) is 2.72. The number of benzene rings is 1. The molecule has 0 fully saturated rings. The second kappa shape index (κ2) is 8.73. The summed E-state index contributed by atoms with van der Waals surface area (Å²) in [5, 5.41) is 10.1. The highest BCUT2D eigenvalue weighted by Crippen LogP contribution is 2.25. The molecule has 30 heavy (non-hydrogen) atoms. The van der Waals surface area contributed by atoms with Gasteiger partial charge in [0.25, 0.3) is 5.91 Å². The van der Waals surface area contributed by atoms with E-state index in [0.717, 1.165) is 11.3 Å². The summed E-state index contributed by atoms with van der Waals surface area (Å²) < 4.78 is 1.63. The molecule has 0 saturated carbocycles. The second-order valence-electron chi connectivity index (χ2n) is 7.79. The van der Waals surface area contributed by atoms with Crippen LogP contribution in [0, 0.1) is 0 Å². The summed E-state index contributed by atoms with van der Waals surface area (Å²) in [7, 11) is 1.58. The van der Waals surface area contributed by atoms with Gasteiger partial charge in [-0.2, -0.15) is 9.78 Å². The lowest BCUT2D eigenvalue weighted by Gasteiger charge is -2.13. The number of hydrogen-bond acceptors (Lipinski definition) is 4. The van der Waals surface area contributed by atoms with Crippen LogP contribution in [0.25, 0.3) is 11.9 Å². The number of pyridine rings is 1. The molecule has 0 spiro atoms. The third-order valence-electron chi connectivity index (χ3n) is 4.42. The molecule has 154 valence electrons. The Morgan fingerprint density at radius 1 is 1.07 bits per heavy atom. The maximum Gasteiger partial charge on any atom is 0.251 e. The number of hydrogen-bond donors (Lipinski definition) is 2. The standard InChI is InChI=1S/C23H25N5O2/c1-23(2,3)18-15-20(28(27-18)19-7-5-6-14-25-19)26-21(29)13-10-16-8-11-17(12-9-16)22(30)24-4/h5-15H,1-4H3,(H,24,30)(H,26,29)/b13-10+. The summed E-state index contributed by atoms with van der Waals surface area (Å²) in [6.07, 6.45) is 4.82. The van der Waals surface area contributed by atoms with Crippen molar-refractivity contribution in [2.75, 3.05) is 12.4 Å².